The number of halogens is 3. The number of allylic oxidation sites excluding steroid dienone is 6. The van der Waals surface area contributed by atoms with Crippen LogP contribution in [0.2, 0.25) is 0 Å². The second kappa shape index (κ2) is 7.89. The monoisotopic (exact) mass is 513 g/mol. The summed E-state index contributed by atoms with van der Waals surface area (Å²) in [6, 6.07) is 5.19. The van der Waals surface area contributed by atoms with Gasteiger partial charge in [0.1, 0.15) is 0 Å². The summed E-state index contributed by atoms with van der Waals surface area (Å²) in [5.74, 6) is 0. The zero-order valence-corrected chi connectivity index (χ0v) is 20.3. The Morgan fingerprint density at radius 2 is 1.80 bits per heavy atom. The van der Waals surface area contributed by atoms with Crippen molar-refractivity contribution in [1.82, 2.24) is 0 Å². The van der Waals surface area contributed by atoms with Crippen LogP contribution < -0.4 is 32.0 Å². The molecule has 0 saturated heterocycles. The van der Waals surface area contributed by atoms with Gasteiger partial charge in [0.2, 0.25) is 0 Å². The summed E-state index contributed by atoms with van der Waals surface area (Å²) in [4.78, 5) is 0. The third-order valence-electron chi connectivity index (χ3n) is 5.30. The Morgan fingerprint density at radius 1 is 1.08 bits per heavy atom. The minimum Gasteiger partial charge on any atom is -1.00 e. The quantitative estimate of drug-likeness (QED) is 0.465. The summed E-state index contributed by atoms with van der Waals surface area (Å²) >= 11 is 3.16. The van der Waals surface area contributed by atoms with Crippen LogP contribution in [-0.2, 0) is 23.2 Å². The van der Waals surface area contributed by atoms with Gasteiger partial charge >= 0.3 is 159 Å². The van der Waals surface area contributed by atoms with Gasteiger partial charge in [-0.3, -0.25) is 0 Å². The number of nitrogens with zero attached hydrogens (tertiary/aromatic N) is 1. The van der Waals surface area contributed by atoms with Crippen molar-refractivity contribution in [3.05, 3.63) is 61.5 Å². The summed E-state index contributed by atoms with van der Waals surface area (Å²) < 4.78 is 5.65. The molecular weight excluding hydrogens is 496 g/mol. The first-order chi connectivity index (χ1) is 11.0. The van der Waals surface area contributed by atoms with Crippen LogP contribution in [0.1, 0.15) is 38.3 Å². The van der Waals surface area contributed by atoms with Crippen LogP contribution in [0.15, 0.2) is 50.4 Å². The predicted octanol–water partition coefficient (Wildman–Crippen LogP) is -0.823. The number of anilines is 1. The van der Waals surface area contributed by atoms with Crippen LogP contribution >= 0.6 is 16.1 Å². The fourth-order valence-corrected chi connectivity index (χ4v) is 8.22. The number of benzene rings is 1. The Kier molecular flexibility index (Phi) is 6.70. The summed E-state index contributed by atoms with van der Waals surface area (Å²) in [6.45, 7) is 9.09. The van der Waals surface area contributed by atoms with Crippen LogP contribution in [-0.4, -0.2) is 6.04 Å². The summed E-state index contributed by atoms with van der Waals surface area (Å²) in [6.07, 6.45) is 8.04. The van der Waals surface area contributed by atoms with Gasteiger partial charge in [-0.15, -0.1) is 0 Å². The van der Waals surface area contributed by atoms with Gasteiger partial charge in [-0.25, -0.2) is 0 Å². The Morgan fingerprint density at radius 3 is 2.44 bits per heavy atom. The van der Waals surface area contributed by atoms with E-state index in [1.165, 1.54) is 40.0 Å². The van der Waals surface area contributed by atoms with E-state index in [2.05, 4.69) is 78.1 Å². The zero-order valence-electron chi connectivity index (χ0n) is 14.8. The Bertz CT molecular complexity index is 851. The van der Waals surface area contributed by atoms with Crippen LogP contribution in [0.25, 0.3) is 5.57 Å². The van der Waals surface area contributed by atoms with E-state index >= 15 is 0 Å². The Labute approximate surface area is 183 Å². The molecule has 130 valence electrons. The van der Waals surface area contributed by atoms with Crippen LogP contribution in [0.3, 0.4) is 0 Å². The summed E-state index contributed by atoms with van der Waals surface area (Å²) in [5.41, 5.74) is 10.3. The number of fused-ring (bicyclic) bond motifs is 3. The fourth-order valence-electron chi connectivity index (χ4n) is 3.90. The SMILES string of the molecule is CC1=C(C)C2C(=C1C)c1[c]([Zr+2][C]3=CC=CC3)cc(C)cc1N2Br.[Cl-].[Cl-]. The van der Waals surface area contributed by atoms with Gasteiger partial charge in [0.25, 0.3) is 0 Å². The molecule has 25 heavy (non-hydrogen) atoms. The molecule has 1 unspecified atom stereocenters. The molecule has 0 spiro atoms. The molecule has 1 nitrogen and oxygen atoms in total. The van der Waals surface area contributed by atoms with E-state index < -0.39 is 23.2 Å². The second-order valence-electron chi connectivity index (χ2n) is 6.72. The zero-order chi connectivity index (χ0) is 16.3. The molecule has 1 aliphatic heterocycles. The molecule has 5 heteroatoms. The molecule has 3 aliphatic rings. The first kappa shape index (κ1) is 21.2. The molecule has 1 aromatic carbocycles. The van der Waals surface area contributed by atoms with Crippen LogP contribution in [0, 0.1) is 6.92 Å². The molecule has 0 amide bonds. The van der Waals surface area contributed by atoms with Crippen molar-refractivity contribution in [3.63, 3.8) is 0 Å². The van der Waals surface area contributed by atoms with Crippen LogP contribution in [0.4, 0.5) is 5.69 Å². The van der Waals surface area contributed by atoms with E-state index in [0.29, 0.717) is 6.04 Å². The van der Waals surface area contributed by atoms with Crippen molar-refractivity contribution in [2.75, 3.05) is 3.93 Å². The molecule has 0 aromatic heterocycles. The van der Waals surface area contributed by atoms with Crippen molar-refractivity contribution in [3.8, 4) is 0 Å². The van der Waals surface area contributed by atoms with Crippen molar-refractivity contribution >= 4 is 30.7 Å². The van der Waals surface area contributed by atoms with Gasteiger partial charge < -0.3 is 24.8 Å². The standard InChI is InChI=1S/C15H15BrN.C5H5.2ClH.Zr/c1-8-5-6-12-13(7-8)17(16)15-11(4)9(2)10(3)14(12)15;1-2-4-5-3-1;;;/h5,7,15H,1-4H3;1-3H,4H2;2*1H;/q;;;;+2/p-2. The molecule has 1 heterocycles. The van der Waals surface area contributed by atoms with E-state index in [0.717, 1.165) is 0 Å². The molecule has 1 aromatic rings. The van der Waals surface area contributed by atoms with Gasteiger partial charge in [-0.2, -0.15) is 0 Å². The Hall–Kier alpha value is -0.0769. The smallest absolute Gasteiger partial charge is 1.00 e. The molecule has 0 radical (unpaired) electrons. The number of hydrogen-bond donors (Lipinski definition) is 0. The number of aryl methyl sites for hydroxylation is 1. The molecular formula is C20H20BrCl2NZr. The average molecular weight is 516 g/mol. The molecule has 2 aliphatic carbocycles. The minimum atomic E-state index is -0.719. The van der Waals surface area contributed by atoms with Crippen molar-refractivity contribution in [1.29, 1.82) is 0 Å². The first-order valence-electron chi connectivity index (χ1n) is 8.10. The topological polar surface area (TPSA) is 3.24 Å². The second-order valence-corrected chi connectivity index (χ2v) is 11.0. The largest absolute Gasteiger partial charge is 1.00 e. The van der Waals surface area contributed by atoms with Gasteiger partial charge in [0.05, 0.1) is 0 Å². The molecule has 0 bridgehead atoms. The van der Waals surface area contributed by atoms with Gasteiger partial charge in [0, 0.05) is 0 Å². The van der Waals surface area contributed by atoms with Gasteiger partial charge in [0.15, 0.2) is 0 Å². The average Bonchev–Trinajstić information content (AvgIpc) is 3.17. The predicted molar refractivity (Wildman–Crippen MR) is 98.8 cm³/mol. The maximum atomic E-state index is 3.88. The van der Waals surface area contributed by atoms with E-state index in [-0.39, 0.29) is 24.8 Å². The fraction of sp³-hybridized carbons (Fsp3) is 0.300. The molecule has 0 N–H and O–H groups in total. The van der Waals surface area contributed by atoms with Crippen LogP contribution in [0.5, 0.6) is 0 Å². The molecule has 0 saturated carbocycles. The molecule has 1 atom stereocenters. The molecule has 4 rings (SSSR count). The van der Waals surface area contributed by atoms with E-state index in [9.17, 15) is 0 Å². The minimum absolute atomic E-state index is 0. The van der Waals surface area contributed by atoms with Crippen molar-refractivity contribution in [2.45, 2.75) is 40.2 Å². The van der Waals surface area contributed by atoms with E-state index in [1.807, 2.05) is 0 Å². The third kappa shape index (κ3) is 3.31. The summed E-state index contributed by atoms with van der Waals surface area (Å²) in [7, 11) is 0. The maximum absolute atomic E-state index is 3.88. The van der Waals surface area contributed by atoms with Gasteiger partial charge in [-0.1, -0.05) is 0 Å². The normalized spacial score (nSPS) is 20.1. The van der Waals surface area contributed by atoms with Crippen molar-refractivity contribution in [2.24, 2.45) is 0 Å². The third-order valence-corrected chi connectivity index (χ3v) is 9.42. The van der Waals surface area contributed by atoms with Crippen molar-refractivity contribution < 1.29 is 48.0 Å². The number of hydrogen-bond acceptors (Lipinski definition) is 1. The number of rotatable bonds is 2. The van der Waals surface area contributed by atoms with Gasteiger partial charge in [-0.05, 0) is 0 Å². The Balaban J connectivity index is 0.00000113. The first-order valence-corrected chi connectivity index (χ1v) is 11.3. The van der Waals surface area contributed by atoms with E-state index in [4.69, 9.17) is 0 Å². The van der Waals surface area contributed by atoms with E-state index in [1.54, 1.807) is 12.1 Å². The maximum Gasteiger partial charge on any atom is -1.00 e. The summed E-state index contributed by atoms with van der Waals surface area (Å²) in [5, 5.41) is 0. The molecule has 0 fully saturated rings.